The van der Waals surface area contributed by atoms with Crippen LogP contribution < -0.4 is 5.32 Å². The highest BCUT2D eigenvalue weighted by Gasteiger charge is 2.02. The maximum Gasteiger partial charge on any atom is 0.0218 e. The van der Waals surface area contributed by atoms with E-state index < -0.39 is 0 Å². The van der Waals surface area contributed by atoms with Crippen LogP contribution in [0.2, 0.25) is 0 Å². The van der Waals surface area contributed by atoms with Gasteiger partial charge in [0, 0.05) is 15.5 Å². The SMILES string of the molecule is CCNCc1cc(Br)c(C)c(Br)c1. The molecule has 0 fully saturated rings. The Labute approximate surface area is 96.2 Å². The Hall–Kier alpha value is 0.140. The third kappa shape index (κ3) is 3.08. The van der Waals surface area contributed by atoms with Gasteiger partial charge in [-0.25, -0.2) is 0 Å². The molecule has 0 unspecified atom stereocenters. The summed E-state index contributed by atoms with van der Waals surface area (Å²) in [6.07, 6.45) is 0. The van der Waals surface area contributed by atoms with Gasteiger partial charge in [0.2, 0.25) is 0 Å². The fraction of sp³-hybridized carbons (Fsp3) is 0.400. The molecule has 0 amide bonds. The molecule has 0 aliphatic heterocycles. The Morgan fingerprint density at radius 3 is 2.23 bits per heavy atom. The second-order valence-corrected chi connectivity index (χ2v) is 4.67. The largest absolute Gasteiger partial charge is 0.313 e. The van der Waals surface area contributed by atoms with Crippen LogP contribution >= 0.6 is 31.9 Å². The normalized spacial score (nSPS) is 10.5. The first-order valence-corrected chi connectivity index (χ1v) is 5.89. The Morgan fingerprint density at radius 2 is 1.77 bits per heavy atom. The van der Waals surface area contributed by atoms with E-state index in [-0.39, 0.29) is 0 Å². The highest BCUT2D eigenvalue weighted by molar-refractivity contribution is 9.11. The van der Waals surface area contributed by atoms with E-state index in [0.717, 1.165) is 22.0 Å². The van der Waals surface area contributed by atoms with E-state index in [0.29, 0.717) is 0 Å². The van der Waals surface area contributed by atoms with Gasteiger partial charge in [-0.05, 0) is 36.7 Å². The Morgan fingerprint density at radius 1 is 1.23 bits per heavy atom. The Balaban J connectivity index is 2.86. The number of benzene rings is 1. The van der Waals surface area contributed by atoms with Crippen molar-refractivity contribution in [2.45, 2.75) is 20.4 Å². The zero-order valence-corrected chi connectivity index (χ0v) is 11.0. The fourth-order valence-corrected chi connectivity index (χ4v) is 2.35. The van der Waals surface area contributed by atoms with Crippen molar-refractivity contribution in [3.8, 4) is 0 Å². The average molecular weight is 307 g/mol. The quantitative estimate of drug-likeness (QED) is 0.899. The predicted octanol–water partition coefficient (Wildman–Crippen LogP) is 3.63. The molecule has 0 aromatic heterocycles. The molecule has 1 aromatic rings. The monoisotopic (exact) mass is 305 g/mol. The van der Waals surface area contributed by atoms with Crippen LogP contribution in [0.25, 0.3) is 0 Å². The lowest BCUT2D eigenvalue weighted by Crippen LogP contribution is -2.11. The van der Waals surface area contributed by atoms with Gasteiger partial charge in [-0.1, -0.05) is 38.8 Å². The van der Waals surface area contributed by atoms with Crippen LogP contribution in [0, 0.1) is 6.92 Å². The zero-order valence-electron chi connectivity index (χ0n) is 7.82. The van der Waals surface area contributed by atoms with Crippen LogP contribution in [0.5, 0.6) is 0 Å². The van der Waals surface area contributed by atoms with Crippen molar-refractivity contribution < 1.29 is 0 Å². The van der Waals surface area contributed by atoms with E-state index in [1.807, 2.05) is 0 Å². The van der Waals surface area contributed by atoms with Crippen LogP contribution in [0.4, 0.5) is 0 Å². The maximum atomic E-state index is 3.53. The lowest BCUT2D eigenvalue weighted by molar-refractivity contribution is 0.726. The molecule has 0 spiro atoms. The Kier molecular flexibility index (Phi) is 4.42. The molecule has 0 aliphatic rings. The minimum atomic E-state index is 0.925. The molecule has 0 radical (unpaired) electrons. The summed E-state index contributed by atoms with van der Waals surface area (Å²) >= 11 is 7.06. The third-order valence-corrected chi connectivity index (χ3v) is 3.57. The van der Waals surface area contributed by atoms with Crippen LogP contribution in [-0.2, 0) is 6.54 Å². The van der Waals surface area contributed by atoms with Gasteiger partial charge in [0.15, 0.2) is 0 Å². The van der Waals surface area contributed by atoms with Gasteiger partial charge in [0.25, 0.3) is 0 Å². The number of hydrogen-bond acceptors (Lipinski definition) is 1. The molecule has 0 bridgehead atoms. The first-order chi connectivity index (χ1) is 6.15. The van der Waals surface area contributed by atoms with Gasteiger partial charge in [-0.15, -0.1) is 0 Å². The van der Waals surface area contributed by atoms with Gasteiger partial charge in [0.1, 0.15) is 0 Å². The number of nitrogens with one attached hydrogen (secondary N) is 1. The first kappa shape index (κ1) is 11.2. The van der Waals surface area contributed by atoms with Crippen molar-refractivity contribution >= 4 is 31.9 Å². The molecule has 13 heavy (non-hydrogen) atoms. The molecule has 1 aromatic carbocycles. The van der Waals surface area contributed by atoms with Crippen LogP contribution in [0.3, 0.4) is 0 Å². The summed E-state index contributed by atoms with van der Waals surface area (Å²) < 4.78 is 2.32. The van der Waals surface area contributed by atoms with Crippen LogP contribution in [0.1, 0.15) is 18.1 Å². The Bertz CT molecular complexity index is 274. The molecular formula is C10H13Br2N. The highest BCUT2D eigenvalue weighted by atomic mass is 79.9. The molecule has 1 N–H and O–H groups in total. The fourth-order valence-electron chi connectivity index (χ4n) is 1.07. The lowest BCUT2D eigenvalue weighted by atomic mass is 10.1. The summed E-state index contributed by atoms with van der Waals surface area (Å²) in [6.45, 7) is 6.13. The third-order valence-electron chi connectivity index (χ3n) is 1.92. The predicted molar refractivity (Wildman–Crippen MR) is 64.0 cm³/mol. The first-order valence-electron chi connectivity index (χ1n) is 4.30. The number of halogens is 2. The van der Waals surface area contributed by atoms with Crippen LogP contribution in [0.15, 0.2) is 21.1 Å². The summed E-state index contributed by atoms with van der Waals surface area (Å²) in [5.41, 5.74) is 2.55. The van der Waals surface area contributed by atoms with E-state index in [9.17, 15) is 0 Å². The van der Waals surface area contributed by atoms with Crippen molar-refractivity contribution in [3.63, 3.8) is 0 Å². The zero-order chi connectivity index (χ0) is 9.84. The molecule has 0 saturated heterocycles. The summed E-state index contributed by atoms with van der Waals surface area (Å²) in [5, 5.41) is 3.30. The second kappa shape index (κ2) is 5.13. The van der Waals surface area contributed by atoms with Gasteiger partial charge in [-0.3, -0.25) is 0 Å². The molecule has 0 atom stereocenters. The number of rotatable bonds is 3. The summed E-state index contributed by atoms with van der Waals surface area (Å²) in [4.78, 5) is 0. The van der Waals surface area contributed by atoms with Crippen LogP contribution in [-0.4, -0.2) is 6.54 Å². The molecule has 0 saturated carbocycles. The summed E-state index contributed by atoms with van der Waals surface area (Å²) in [7, 11) is 0. The average Bonchev–Trinajstić information content (AvgIpc) is 2.10. The molecule has 0 aliphatic carbocycles. The lowest BCUT2D eigenvalue weighted by Gasteiger charge is -2.07. The highest BCUT2D eigenvalue weighted by Crippen LogP contribution is 2.26. The minimum Gasteiger partial charge on any atom is -0.313 e. The summed E-state index contributed by atoms with van der Waals surface area (Å²) in [6, 6.07) is 4.31. The van der Waals surface area contributed by atoms with E-state index in [4.69, 9.17) is 0 Å². The van der Waals surface area contributed by atoms with Crippen molar-refractivity contribution in [1.29, 1.82) is 0 Å². The number of hydrogen-bond donors (Lipinski definition) is 1. The van der Waals surface area contributed by atoms with E-state index in [2.05, 4.69) is 63.2 Å². The second-order valence-electron chi connectivity index (χ2n) is 2.96. The van der Waals surface area contributed by atoms with Gasteiger partial charge < -0.3 is 5.32 Å². The molecule has 1 nitrogen and oxygen atoms in total. The van der Waals surface area contributed by atoms with Crippen molar-refractivity contribution in [2.75, 3.05) is 6.54 Å². The van der Waals surface area contributed by atoms with E-state index in [1.54, 1.807) is 0 Å². The van der Waals surface area contributed by atoms with E-state index in [1.165, 1.54) is 11.1 Å². The molecule has 0 heterocycles. The standard InChI is InChI=1S/C10H13Br2N/c1-3-13-6-8-4-9(11)7(2)10(12)5-8/h4-5,13H,3,6H2,1-2H3. The van der Waals surface area contributed by atoms with E-state index >= 15 is 0 Å². The summed E-state index contributed by atoms with van der Waals surface area (Å²) in [5.74, 6) is 0. The van der Waals surface area contributed by atoms with Crippen molar-refractivity contribution in [3.05, 3.63) is 32.2 Å². The molecule has 72 valence electrons. The smallest absolute Gasteiger partial charge is 0.0218 e. The molecule has 1 rings (SSSR count). The maximum absolute atomic E-state index is 3.53. The van der Waals surface area contributed by atoms with Crippen molar-refractivity contribution in [2.24, 2.45) is 0 Å². The van der Waals surface area contributed by atoms with Crippen molar-refractivity contribution in [1.82, 2.24) is 5.32 Å². The topological polar surface area (TPSA) is 12.0 Å². The molecular weight excluding hydrogens is 294 g/mol. The minimum absolute atomic E-state index is 0.925. The van der Waals surface area contributed by atoms with Gasteiger partial charge in [-0.2, -0.15) is 0 Å². The molecule has 3 heteroatoms. The van der Waals surface area contributed by atoms with Gasteiger partial charge >= 0.3 is 0 Å². The van der Waals surface area contributed by atoms with Gasteiger partial charge in [0.05, 0.1) is 0 Å².